The number of nitrogens with zero attached hydrogens (tertiary/aromatic N) is 1. The molecule has 0 radical (unpaired) electrons. The maximum atomic E-state index is 12.5. The quantitative estimate of drug-likeness (QED) is 0.819. The molecule has 0 aromatic heterocycles. The number of hydrogen-bond donors (Lipinski definition) is 2. The number of amidine groups is 1. The molecule has 0 bridgehead atoms. The largest absolute Gasteiger partial charge is 0.444 e. The van der Waals surface area contributed by atoms with Gasteiger partial charge in [-0.2, -0.15) is 13.2 Å². The standard InChI is InChI=1S/C15H24F3N3O3/c1-14(2,3)23-13(22)19-8-9-4-6-10(7-5-9)11-20-12(24-21-11)15(16,17)18/h9-10,12H,4-8H2,1-3H3,(H,19,22)(H,20,21). The van der Waals surface area contributed by atoms with Crippen LogP contribution >= 0.6 is 0 Å². The SMILES string of the molecule is CC(C)(C)OC(=O)NCC1CCC(C2=NC(C(F)(F)F)ON2)CC1. The molecule has 6 nitrogen and oxygen atoms in total. The number of halogens is 3. The first-order valence-electron chi connectivity index (χ1n) is 8.07. The first kappa shape index (κ1) is 18.8. The summed E-state index contributed by atoms with van der Waals surface area (Å²) in [7, 11) is 0. The number of rotatable bonds is 3. The molecule has 0 spiro atoms. The smallest absolute Gasteiger partial charge is 0.437 e. The van der Waals surface area contributed by atoms with E-state index in [1.54, 1.807) is 20.8 Å². The predicted octanol–water partition coefficient (Wildman–Crippen LogP) is 3.14. The van der Waals surface area contributed by atoms with Crippen molar-refractivity contribution in [3.63, 3.8) is 0 Å². The molecule has 2 N–H and O–H groups in total. The minimum absolute atomic E-state index is 0.0601. The van der Waals surface area contributed by atoms with Gasteiger partial charge in [-0.3, -0.25) is 5.48 Å². The first-order chi connectivity index (χ1) is 11.0. The molecule has 2 aliphatic rings. The Hall–Kier alpha value is -1.51. The van der Waals surface area contributed by atoms with Crippen molar-refractivity contribution in [2.75, 3.05) is 6.54 Å². The van der Waals surface area contributed by atoms with E-state index in [1.807, 2.05) is 0 Å². The van der Waals surface area contributed by atoms with Gasteiger partial charge in [0.15, 0.2) is 0 Å². The highest BCUT2D eigenvalue weighted by Gasteiger charge is 2.45. The lowest BCUT2D eigenvalue weighted by molar-refractivity contribution is -0.220. The van der Waals surface area contributed by atoms with Crippen molar-refractivity contribution >= 4 is 11.9 Å². The Bertz CT molecular complexity index is 481. The molecule has 1 unspecified atom stereocenters. The average molecular weight is 351 g/mol. The molecule has 9 heteroatoms. The number of hydroxylamine groups is 1. The van der Waals surface area contributed by atoms with E-state index in [2.05, 4.69) is 20.6 Å². The molecule has 2 rings (SSSR count). The second kappa shape index (κ2) is 7.16. The van der Waals surface area contributed by atoms with E-state index in [0.29, 0.717) is 19.4 Å². The summed E-state index contributed by atoms with van der Waals surface area (Å²) in [5.41, 5.74) is 1.78. The van der Waals surface area contributed by atoms with Gasteiger partial charge in [0.2, 0.25) is 0 Å². The van der Waals surface area contributed by atoms with Crippen molar-refractivity contribution < 1.29 is 27.5 Å². The van der Waals surface area contributed by atoms with Gasteiger partial charge in [0, 0.05) is 12.5 Å². The number of alkyl carbamates (subject to hydrolysis) is 1. The third kappa shape index (κ3) is 5.54. The monoisotopic (exact) mass is 351 g/mol. The number of nitrogens with one attached hydrogen (secondary N) is 2. The maximum Gasteiger partial charge on any atom is 0.437 e. The molecule has 24 heavy (non-hydrogen) atoms. The molecule has 1 fully saturated rings. The minimum atomic E-state index is -4.50. The fraction of sp³-hybridized carbons (Fsp3) is 0.867. The Morgan fingerprint density at radius 2 is 1.92 bits per heavy atom. The Labute approximate surface area is 139 Å². The summed E-state index contributed by atoms with van der Waals surface area (Å²) in [5.74, 6) is 0.501. The Morgan fingerprint density at radius 3 is 2.42 bits per heavy atom. The van der Waals surface area contributed by atoms with Gasteiger partial charge in [-0.05, 0) is 52.4 Å². The van der Waals surface area contributed by atoms with Crippen LogP contribution in [0.1, 0.15) is 46.5 Å². The van der Waals surface area contributed by atoms with Gasteiger partial charge < -0.3 is 10.1 Å². The highest BCUT2D eigenvalue weighted by atomic mass is 19.4. The fourth-order valence-corrected chi connectivity index (χ4v) is 2.81. The maximum absolute atomic E-state index is 12.5. The Kier molecular flexibility index (Phi) is 5.62. The van der Waals surface area contributed by atoms with Crippen molar-refractivity contribution in [2.45, 2.75) is 64.5 Å². The normalized spacial score (nSPS) is 28.1. The minimum Gasteiger partial charge on any atom is -0.444 e. The third-order valence-corrected chi connectivity index (χ3v) is 3.98. The van der Waals surface area contributed by atoms with Gasteiger partial charge in [-0.15, -0.1) is 0 Å². The third-order valence-electron chi connectivity index (χ3n) is 3.98. The van der Waals surface area contributed by atoms with E-state index in [9.17, 15) is 18.0 Å². The Balaban J connectivity index is 1.73. The molecule has 0 aromatic carbocycles. The second-order valence-electron chi connectivity index (χ2n) is 7.23. The van der Waals surface area contributed by atoms with E-state index >= 15 is 0 Å². The summed E-state index contributed by atoms with van der Waals surface area (Å²) in [6.45, 7) is 5.89. The van der Waals surface area contributed by atoms with Crippen molar-refractivity contribution in [1.82, 2.24) is 10.8 Å². The van der Waals surface area contributed by atoms with E-state index in [4.69, 9.17) is 4.74 Å². The number of hydrogen-bond acceptors (Lipinski definition) is 5. The molecule has 1 atom stereocenters. The van der Waals surface area contributed by atoms with Crippen LogP contribution in [0.4, 0.5) is 18.0 Å². The lowest BCUT2D eigenvalue weighted by Gasteiger charge is -2.28. The van der Waals surface area contributed by atoms with Crippen molar-refractivity contribution in [2.24, 2.45) is 16.8 Å². The molecule has 1 saturated carbocycles. The van der Waals surface area contributed by atoms with Crippen LogP contribution in [0.5, 0.6) is 0 Å². The zero-order chi connectivity index (χ0) is 18.0. The van der Waals surface area contributed by atoms with E-state index in [-0.39, 0.29) is 17.7 Å². The van der Waals surface area contributed by atoms with Gasteiger partial charge in [0.1, 0.15) is 11.4 Å². The summed E-state index contributed by atoms with van der Waals surface area (Å²) in [6.07, 6.45) is -4.04. The zero-order valence-corrected chi connectivity index (χ0v) is 14.1. The summed E-state index contributed by atoms with van der Waals surface area (Å²) in [6, 6.07) is 0. The van der Waals surface area contributed by atoms with E-state index in [0.717, 1.165) is 12.8 Å². The van der Waals surface area contributed by atoms with E-state index in [1.165, 1.54) is 0 Å². The van der Waals surface area contributed by atoms with E-state index < -0.39 is 24.1 Å². The summed E-state index contributed by atoms with van der Waals surface area (Å²) in [5, 5.41) is 2.74. The van der Waals surface area contributed by atoms with Crippen LogP contribution < -0.4 is 10.8 Å². The fourth-order valence-electron chi connectivity index (χ4n) is 2.81. The summed E-state index contributed by atoms with van der Waals surface area (Å²) >= 11 is 0. The van der Waals surface area contributed by atoms with Crippen LogP contribution in [0.15, 0.2) is 4.99 Å². The number of alkyl halides is 3. The van der Waals surface area contributed by atoms with Crippen molar-refractivity contribution in [1.29, 1.82) is 0 Å². The molecule has 1 heterocycles. The van der Waals surface area contributed by atoms with Crippen LogP contribution in [0, 0.1) is 11.8 Å². The summed E-state index contributed by atoms with van der Waals surface area (Å²) in [4.78, 5) is 19.7. The van der Waals surface area contributed by atoms with Gasteiger partial charge in [0.25, 0.3) is 6.23 Å². The molecule has 1 amide bonds. The van der Waals surface area contributed by atoms with Crippen LogP contribution in [-0.2, 0) is 9.57 Å². The lowest BCUT2D eigenvalue weighted by Crippen LogP contribution is -2.37. The van der Waals surface area contributed by atoms with Crippen molar-refractivity contribution in [3.8, 4) is 0 Å². The highest BCUT2D eigenvalue weighted by molar-refractivity contribution is 5.84. The van der Waals surface area contributed by atoms with Crippen LogP contribution in [0.3, 0.4) is 0 Å². The lowest BCUT2D eigenvalue weighted by atomic mass is 9.81. The highest BCUT2D eigenvalue weighted by Crippen LogP contribution is 2.32. The second-order valence-corrected chi connectivity index (χ2v) is 7.23. The number of carbonyl (C=O) groups excluding carboxylic acids is 1. The zero-order valence-electron chi connectivity index (χ0n) is 14.1. The van der Waals surface area contributed by atoms with Crippen molar-refractivity contribution in [3.05, 3.63) is 0 Å². The Morgan fingerprint density at radius 1 is 1.29 bits per heavy atom. The molecular formula is C15H24F3N3O3. The number of amides is 1. The number of carbonyl (C=O) groups is 1. The van der Waals surface area contributed by atoms with Crippen LogP contribution in [0.25, 0.3) is 0 Å². The van der Waals surface area contributed by atoms with Crippen LogP contribution in [0.2, 0.25) is 0 Å². The van der Waals surface area contributed by atoms with Gasteiger partial charge >= 0.3 is 12.3 Å². The molecular weight excluding hydrogens is 327 g/mol. The molecule has 0 saturated heterocycles. The van der Waals surface area contributed by atoms with Gasteiger partial charge in [-0.1, -0.05) is 0 Å². The molecule has 1 aliphatic carbocycles. The molecule has 1 aliphatic heterocycles. The van der Waals surface area contributed by atoms with Crippen LogP contribution in [-0.4, -0.2) is 36.5 Å². The average Bonchev–Trinajstić information content (AvgIpc) is 2.93. The number of aliphatic imine (C=N–C) groups is 1. The molecule has 138 valence electrons. The predicted molar refractivity (Wildman–Crippen MR) is 81.2 cm³/mol. The topological polar surface area (TPSA) is 72.0 Å². The summed E-state index contributed by atoms with van der Waals surface area (Å²) < 4.78 is 42.8. The van der Waals surface area contributed by atoms with Gasteiger partial charge in [-0.25, -0.2) is 14.6 Å². The van der Waals surface area contributed by atoms with Gasteiger partial charge in [0.05, 0.1) is 0 Å². The molecule has 0 aromatic rings. The number of ether oxygens (including phenoxy) is 1. The first-order valence-corrected chi connectivity index (χ1v) is 8.07.